The van der Waals surface area contributed by atoms with Crippen LogP contribution >= 0.6 is 11.3 Å². The largest absolute Gasteiger partial charge is 0.302 e. The van der Waals surface area contributed by atoms with E-state index in [1.807, 2.05) is 19.1 Å². The third-order valence-corrected chi connectivity index (χ3v) is 6.40. The van der Waals surface area contributed by atoms with E-state index >= 15 is 0 Å². The highest BCUT2D eigenvalue weighted by molar-refractivity contribution is 7.92. The molecule has 0 saturated heterocycles. The minimum absolute atomic E-state index is 0.0134. The van der Waals surface area contributed by atoms with Crippen molar-refractivity contribution in [3.63, 3.8) is 0 Å². The summed E-state index contributed by atoms with van der Waals surface area (Å²) in [6.45, 7) is 1.96. The van der Waals surface area contributed by atoms with Gasteiger partial charge in [0, 0.05) is 24.5 Å². The summed E-state index contributed by atoms with van der Waals surface area (Å²) >= 11 is 1.31. The normalized spacial score (nSPS) is 11.1. The molecule has 0 aliphatic carbocycles. The minimum atomic E-state index is -3.78. The maximum atomic E-state index is 13.1. The Hall–Kier alpha value is -2.71. The van der Waals surface area contributed by atoms with Crippen molar-refractivity contribution in [2.24, 2.45) is 0 Å². The number of carbonyl (C=O) groups is 1. The number of nitrogens with one attached hydrogen (secondary N) is 1. The van der Waals surface area contributed by atoms with E-state index in [2.05, 4.69) is 10.3 Å². The summed E-state index contributed by atoms with van der Waals surface area (Å²) in [5.74, 6) is -0.287. The molecule has 0 aliphatic heterocycles. The molecule has 27 heavy (non-hydrogen) atoms. The summed E-state index contributed by atoms with van der Waals surface area (Å²) in [5, 5.41) is 4.93. The lowest BCUT2D eigenvalue weighted by Crippen LogP contribution is -2.34. The summed E-state index contributed by atoms with van der Waals surface area (Å²) in [5.41, 5.74) is 1.55. The fraction of sp³-hybridized carbons (Fsp3) is 0.158. The number of benzene rings is 2. The van der Waals surface area contributed by atoms with E-state index in [1.54, 1.807) is 54.0 Å². The van der Waals surface area contributed by atoms with Gasteiger partial charge in [-0.2, -0.15) is 0 Å². The third kappa shape index (κ3) is 4.72. The minimum Gasteiger partial charge on any atom is -0.302 e. The van der Waals surface area contributed by atoms with Crippen LogP contribution in [-0.2, 0) is 14.8 Å². The SMILES string of the molecule is Cc1ccc(N(CCC(=O)Nc2nccs2)S(=O)(=O)c2ccccc2)cc1. The Balaban J connectivity index is 1.84. The molecule has 2 aromatic carbocycles. The Bertz CT molecular complexity index is 986. The van der Waals surface area contributed by atoms with Gasteiger partial charge >= 0.3 is 0 Å². The standard InChI is InChI=1S/C19H19N3O3S2/c1-15-7-9-16(10-8-15)22(27(24,25)17-5-3-2-4-6-17)13-11-18(23)21-19-20-12-14-26-19/h2-10,12,14H,11,13H2,1H3,(H,20,21,23). The molecule has 0 unspecified atom stereocenters. The van der Waals surface area contributed by atoms with Crippen LogP contribution in [0.5, 0.6) is 0 Å². The Morgan fingerprint density at radius 2 is 1.81 bits per heavy atom. The zero-order valence-corrected chi connectivity index (χ0v) is 16.3. The average molecular weight is 402 g/mol. The van der Waals surface area contributed by atoms with Crippen LogP contribution in [0.4, 0.5) is 10.8 Å². The van der Waals surface area contributed by atoms with Gasteiger partial charge in [0.25, 0.3) is 10.0 Å². The molecule has 0 spiro atoms. The van der Waals surface area contributed by atoms with Crippen molar-refractivity contribution in [1.29, 1.82) is 0 Å². The molecular weight excluding hydrogens is 382 g/mol. The number of thiazole rings is 1. The first-order chi connectivity index (χ1) is 13.0. The van der Waals surface area contributed by atoms with Crippen molar-refractivity contribution in [3.8, 4) is 0 Å². The van der Waals surface area contributed by atoms with Gasteiger partial charge < -0.3 is 5.32 Å². The van der Waals surface area contributed by atoms with Crippen LogP contribution in [0, 0.1) is 6.92 Å². The monoisotopic (exact) mass is 401 g/mol. The van der Waals surface area contributed by atoms with Crippen LogP contribution in [0.25, 0.3) is 0 Å². The molecule has 0 radical (unpaired) electrons. The number of carbonyl (C=O) groups excluding carboxylic acids is 1. The number of hydrogen-bond acceptors (Lipinski definition) is 5. The predicted molar refractivity (Wildman–Crippen MR) is 108 cm³/mol. The molecule has 1 amide bonds. The Morgan fingerprint density at radius 3 is 2.44 bits per heavy atom. The van der Waals surface area contributed by atoms with Crippen LogP contribution < -0.4 is 9.62 Å². The summed E-state index contributed by atoms with van der Waals surface area (Å²) in [6.07, 6.45) is 1.61. The molecule has 0 saturated carbocycles. The molecule has 6 nitrogen and oxygen atoms in total. The van der Waals surface area contributed by atoms with Gasteiger partial charge in [-0.25, -0.2) is 13.4 Å². The summed E-state index contributed by atoms with van der Waals surface area (Å²) in [4.78, 5) is 16.4. The van der Waals surface area contributed by atoms with Crippen molar-refractivity contribution in [2.75, 3.05) is 16.2 Å². The number of sulfonamides is 1. The summed E-state index contributed by atoms with van der Waals surface area (Å²) in [6, 6.07) is 15.4. The Labute approximate surface area is 162 Å². The van der Waals surface area contributed by atoms with E-state index in [0.717, 1.165) is 5.56 Å². The van der Waals surface area contributed by atoms with Crippen LogP contribution in [0.3, 0.4) is 0 Å². The molecule has 1 aromatic heterocycles. The van der Waals surface area contributed by atoms with E-state index in [-0.39, 0.29) is 23.8 Å². The Morgan fingerprint density at radius 1 is 1.11 bits per heavy atom. The highest BCUT2D eigenvalue weighted by atomic mass is 32.2. The van der Waals surface area contributed by atoms with Gasteiger partial charge in [0.05, 0.1) is 10.6 Å². The summed E-state index contributed by atoms with van der Waals surface area (Å²) in [7, 11) is -3.78. The molecular formula is C19H19N3O3S2. The molecule has 3 aromatic rings. The molecule has 0 fully saturated rings. The lowest BCUT2D eigenvalue weighted by Gasteiger charge is -2.24. The second kappa shape index (κ2) is 8.32. The first kappa shape index (κ1) is 19.1. The van der Waals surface area contributed by atoms with Gasteiger partial charge in [0.1, 0.15) is 0 Å². The van der Waals surface area contributed by atoms with Gasteiger partial charge in [-0.1, -0.05) is 35.9 Å². The lowest BCUT2D eigenvalue weighted by molar-refractivity contribution is -0.116. The molecule has 0 atom stereocenters. The number of aryl methyl sites for hydroxylation is 1. The van der Waals surface area contributed by atoms with Crippen molar-refractivity contribution in [2.45, 2.75) is 18.2 Å². The number of amides is 1. The second-order valence-corrected chi connectivity index (χ2v) is 8.62. The maximum absolute atomic E-state index is 13.1. The van der Waals surface area contributed by atoms with Crippen LogP contribution in [0.1, 0.15) is 12.0 Å². The van der Waals surface area contributed by atoms with E-state index in [1.165, 1.54) is 15.6 Å². The molecule has 0 aliphatic rings. The predicted octanol–water partition coefficient (Wildman–Crippen LogP) is 3.68. The Kier molecular flexibility index (Phi) is 5.88. The van der Waals surface area contributed by atoms with Crippen LogP contribution in [-0.4, -0.2) is 25.9 Å². The van der Waals surface area contributed by atoms with Gasteiger partial charge in [-0.15, -0.1) is 11.3 Å². The summed E-state index contributed by atoms with van der Waals surface area (Å²) < 4.78 is 27.5. The number of rotatable bonds is 7. The topological polar surface area (TPSA) is 79.4 Å². The van der Waals surface area contributed by atoms with Crippen molar-refractivity contribution < 1.29 is 13.2 Å². The van der Waals surface area contributed by atoms with Gasteiger partial charge in [0.15, 0.2) is 5.13 Å². The smallest absolute Gasteiger partial charge is 0.264 e. The van der Waals surface area contributed by atoms with Gasteiger partial charge in [-0.3, -0.25) is 9.10 Å². The van der Waals surface area contributed by atoms with E-state index in [0.29, 0.717) is 10.8 Å². The number of nitrogens with zero attached hydrogens (tertiary/aromatic N) is 2. The zero-order valence-electron chi connectivity index (χ0n) is 14.7. The van der Waals surface area contributed by atoms with E-state index in [4.69, 9.17) is 0 Å². The molecule has 8 heteroatoms. The quantitative estimate of drug-likeness (QED) is 0.655. The molecule has 1 N–H and O–H groups in total. The van der Waals surface area contributed by atoms with Crippen LogP contribution in [0.2, 0.25) is 0 Å². The fourth-order valence-corrected chi connectivity index (χ4v) is 4.52. The first-order valence-corrected chi connectivity index (χ1v) is 10.6. The van der Waals surface area contributed by atoms with E-state index in [9.17, 15) is 13.2 Å². The highest BCUT2D eigenvalue weighted by Gasteiger charge is 2.25. The number of anilines is 2. The van der Waals surface area contributed by atoms with E-state index < -0.39 is 10.0 Å². The first-order valence-electron chi connectivity index (χ1n) is 8.30. The van der Waals surface area contributed by atoms with Gasteiger partial charge in [0.2, 0.25) is 5.91 Å². The number of hydrogen-bond donors (Lipinski definition) is 1. The average Bonchev–Trinajstić information content (AvgIpc) is 3.17. The van der Waals surface area contributed by atoms with Crippen molar-refractivity contribution in [3.05, 3.63) is 71.7 Å². The molecule has 3 rings (SSSR count). The van der Waals surface area contributed by atoms with Crippen molar-refractivity contribution in [1.82, 2.24) is 4.98 Å². The molecule has 140 valence electrons. The highest BCUT2D eigenvalue weighted by Crippen LogP contribution is 2.24. The fourth-order valence-electron chi connectivity index (χ4n) is 2.49. The third-order valence-electron chi connectivity index (χ3n) is 3.87. The second-order valence-electron chi connectivity index (χ2n) is 5.86. The molecule has 1 heterocycles. The lowest BCUT2D eigenvalue weighted by atomic mass is 10.2. The molecule has 0 bridgehead atoms. The maximum Gasteiger partial charge on any atom is 0.264 e. The van der Waals surface area contributed by atoms with Crippen LogP contribution in [0.15, 0.2) is 71.1 Å². The van der Waals surface area contributed by atoms with Gasteiger partial charge in [-0.05, 0) is 31.2 Å². The number of aromatic nitrogens is 1. The van der Waals surface area contributed by atoms with Crippen molar-refractivity contribution >= 4 is 38.1 Å². The zero-order chi connectivity index (χ0) is 19.3.